The van der Waals surface area contributed by atoms with Gasteiger partial charge in [0.1, 0.15) is 12.1 Å². The van der Waals surface area contributed by atoms with Crippen LogP contribution < -0.4 is 0 Å². The molecule has 0 unspecified atom stereocenters. The van der Waals surface area contributed by atoms with E-state index in [0.717, 1.165) is 33.6 Å². The number of nitrogens with one attached hydrogen (secondary N) is 3. The summed E-state index contributed by atoms with van der Waals surface area (Å²) in [5, 5.41) is 11.6. The van der Waals surface area contributed by atoms with Crippen molar-refractivity contribution >= 4 is 22.7 Å². The van der Waals surface area contributed by atoms with Crippen molar-refractivity contribution in [2.45, 2.75) is 55.4 Å². The molecular formula is C30H45N11OS2. The van der Waals surface area contributed by atoms with E-state index < -0.39 is 0 Å². The fourth-order valence-electron chi connectivity index (χ4n) is 2.16. The SMILES string of the molecule is CC.Cc1ccn[nH]1.Cc1cnc[nH]1.Cc1cocn1.Cc1cscn1.Cc1ncc[nH]1.Cc1nccs1.Cn1ccnc1. The van der Waals surface area contributed by atoms with Crippen LogP contribution in [0, 0.1) is 41.5 Å². The van der Waals surface area contributed by atoms with Crippen LogP contribution in [0.25, 0.3) is 0 Å². The third kappa shape index (κ3) is 25.1. The maximum absolute atomic E-state index is 4.60. The van der Waals surface area contributed by atoms with Crippen LogP contribution in [-0.2, 0) is 7.05 Å². The van der Waals surface area contributed by atoms with Crippen LogP contribution in [0.1, 0.15) is 47.5 Å². The quantitative estimate of drug-likeness (QED) is 0.154. The third-order valence-corrected chi connectivity index (χ3v) is 5.62. The van der Waals surface area contributed by atoms with Crippen LogP contribution in [0.5, 0.6) is 0 Å². The monoisotopic (exact) mass is 639 g/mol. The number of rotatable bonds is 0. The highest BCUT2D eigenvalue weighted by Gasteiger charge is 1.78. The van der Waals surface area contributed by atoms with E-state index >= 15 is 0 Å². The van der Waals surface area contributed by atoms with Gasteiger partial charge in [-0.15, -0.1) is 22.7 Å². The van der Waals surface area contributed by atoms with Crippen LogP contribution >= 0.6 is 22.7 Å². The van der Waals surface area contributed by atoms with Crippen LogP contribution in [0.2, 0.25) is 0 Å². The molecule has 0 aromatic carbocycles. The molecule has 7 heterocycles. The maximum atomic E-state index is 4.60. The predicted octanol–water partition coefficient (Wildman–Crippen LogP) is 7.49. The number of hydrogen-bond donors (Lipinski definition) is 3. The number of aryl methyl sites for hydroxylation is 7. The number of aromatic nitrogens is 11. The summed E-state index contributed by atoms with van der Waals surface area (Å²) in [5.41, 5.74) is 6.08. The van der Waals surface area contributed by atoms with Crippen molar-refractivity contribution in [1.29, 1.82) is 0 Å². The van der Waals surface area contributed by atoms with E-state index in [0.29, 0.717) is 0 Å². The van der Waals surface area contributed by atoms with Crippen LogP contribution in [-0.4, -0.2) is 54.6 Å². The summed E-state index contributed by atoms with van der Waals surface area (Å²) in [6.07, 6.45) is 18.9. The average molecular weight is 640 g/mol. The van der Waals surface area contributed by atoms with Gasteiger partial charge in [0.2, 0.25) is 0 Å². The molecule has 0 saturated carbocycles. The molecule has 0 atom stereocenters. The second-order valence-corrected chi connectivity index (χ2v) is 10.0. The molecule has 0 saturated heterocycles. The van der Waals surface area contributed by atoms with Crippen molar-refractivity contribution in [3.8, 4) is 0 Å². The average Bonchev–Trinajstić information content (AvgIpc) is 3.85. The number of aromatic amines is 3. The lowest BCUT2D eigenvalue weighted by Gasteiger charge is -1.76. The summed E-state index contributed by atoms with van der Waals surface area (Å²) in [5.74, 6) is 0.968. The van der Waals surface area contributed by atoms with E-state index in [4.69, 9.17) is 0 Å². The molecule has 238 valence electrons. The Balaban J connectivity index is 0.000000486. The Morgan fingerprint density at radius 2 is 1.61 bits per heavy atom. The topological polar surface area (TPSA) is 156 Å². The molecule has 0 spiro atoms. The van der Waals surface area contributed by atoms with Crippen molar-refractivity contribution in [2.75, 3.05) is 0 Å². The molecule has 0 aliphatic carbocycles. The zero-order valence-electron chi connectivity index (χ0n) is 27.0. The third-order valence-electron chi connectivity index (χ3n) is 4.21. The minimum atomic E-state index is 0.926. The number of H-pyrrole nitrogens is 3. The molecule has 7 rings (SSSR count). The standard InChI is InChI=1S/4C4H6N2.C4H5NO.2C4H5NS.C2H6/c1-4-2-5-3-6-4;1-6-3-2-5-4-6;1-4-5-2-3-6-4;1-4-2-3-5-6-4;2*1-4-2-6-3-5-4;1-4-5-2-3-6-4;1-2/h2-3H,1H3,(H,5,6);2-4H,1H3;2*2-3H,1H3,(H,5,6);3*2-3H,1H3;1-2H3. The van der Waals surface area contributed by atoms with Gasteiger partial charge >= 0.3 is 0 Å². The second-order valence-electron chi connectivity index (χ2n) is 8.19. The first-order valence-electron chi connectivity index (χ1n) is 13.6. The van der Waals surface area contributed by atoms with E-state index in [-0.39, 0.29) is 0 Å². The molecule has 0 amide bonds. The second kappa shape index (κ2) is 27.2. The first kappa shape index (κ1) is 39.3. The lowest BCUT2D eigenvalue weighted by molar-refractivity contribution is 0.557. The summed E-state index contributed by atoms with van der Waals surface area (Å²) in [6.45, 7) is 15.7. The van der Waals surface area contributed by atoms with Gasteiger partial charge in [0.25, 0.3) is 0 Å². The van der Waals surface area contributed by atoms with Crippen molar-refractivity contribution in [2.24, 2.45) is 7.05 Å². The minimum Gasteiger partial charge on any atom is -0.452 e. The van der Waals surface area contributed by atoms with E-state index in [9.17, 15) is 0 Å². The largest absolute Gasteiger partial charge is 0.452 e. The zero-order chi connectivity index (χ0) is 32.8. The molecule has 14 heteroatoms. The smallest absolute Gasteiger partial charge is 0.180 e. The Bertz CT molecular complexity index is 1100. The van der Waals surface area contributed by atoms with Gasteiger partial charge in [-0.3, -0.25) is 15.1 Å². The number of oxazole rings is 1. The van der Waals surface area contributed by atoms with E-state index in [1.807, 2.05) is 95.5 Å². The highest BCUT2D eigenvalue weighted by molar-refractivity contribution is 7.09. The first-order chi connectivity index (χ1) is 21.3. The minimum absolute atomic E-state index is 0.926. The fraction of sp³-hybridized carbons (Fsp3) is 0.300. The van der Waals surface area contributed by atoms with E-state index in [1.54, 1.807) is 78.8 Å². The molecule has 7 aromatic heterocycles. The number of imidazole rings is 3. The normalized spacial score (nSPS) is 8.57. The van der Waals surface area contributed by atoms with Crippen molar-refractivity contribution < 1.29 is 4.42 Å². The maximum Gasteiger partial charge on any atom is 0.180 e. The summed E-state index contributed by atoms with van der Waals surface area (Å²) in [7, 11) is 1.94. The van der Waals surface area contributed by atoms with Gasteiger partial charge in [0.15, 0.2) is 6.39 Å². The molecule has 0 radical (unpaired) electrons. The van der Waals surface area contributed by atoms with Gasteiger partial charge in [0.05, 0.1) is 28.9 Å². The van der Waals surface area contributed by atoms with Gasteiger partial charge in [-0.05, 0) is 47.6 Å². The molecular weight excluding hydrogens is 595 g/mol. The summed E-state index contributed by atoms with van der Waals surface area (Å²) in [4.78, 5) is 28.8. The molecule has 7 aromatic rings. The zero-order valence-corrected chi connectivity index (χ0v) is 28.6. The fourth-order valence-corrected chi connectivity index (χ4v) is 3.15. The molecule has 3 N–H and O–H groups in total. The Labute approximate surface area is 268 Å². The molecule has 0 aliphatic rings. The van der Waals surface area contributed by atoms with Crippen molar-refractivity contribution in [1.82, 2.24) is 54.6 Å². The van der Waals surface area contributed by atoms with Gasteiger partial charge in [0, 0.05) is 78.3 Å². The Hall–Kier alpha value is -4.69. The number of thiazole rings is 2. The van der Waals surface area contributed by atoms with Crippen molar-refractivity contribution in [3.63, 3.8) is 0 Å². The number of hydrogen-bond acceptors (Lipinski definition) is 10. The van der Waals surface area contributed by atoms with Gasteiger partial charge in [-0.25, -0.2) is 19.9 Å². The summed E-state index contributed by atoms with van der Waals surface area (Å²) in [6, 6.07) is 1.92. The Morgan fingerprint density at radius 1 is 0.818 bits per heavy atom. The molecule has 0 aliphatic heterocycles. The predicted molar refractivity (Wildman–Crippen MR) is 179 cm³/mol. The van der Waals surface area contributed by atoms with E-state index in [2.05, 4.69) is 54.5 Å². The highest BCUT2D eigenvalue weighted by Crippen LogP contribution is 1.98. The Kier molecular flexibility index (Phi) is 24.3. The summed E-state index contributed by atoms with van der Waals surface area (Å²) >= 11 is 3.30. The lowest BCUT2D eigenvalue weighted by Crippen LogP contribution is -1.76. The van der Waals surface area contributed by atoms with Crippen LogP contribution in [0.3, 0.4) is 0 Å². The summed E-state index contributed by atoms with van der Waals surface area (Å²) < 4.78 is 6.49. The van der Waals surface area contributed by atoms with Crippen molar-refractivity contribution in [3.05, 3.63) is 125 Å². The Morgan fingerprint density at radius 3 is 1.77 bits per heavy atom. The molecule has 0 fully saturated rings. The van der Waals surface area contributed by atoms with Crippen LogP contribution in [0.15, 0.2) is 95.4 Å². The molecule has 0 bridgehead atoms. The van der Waals surface area contributed by atoms with E-state index in [1.165, 1.54) is 6.39 Å². The number of nitrogens with zero attached hydrogens (tertiary/aromatic N) is 8. The van der Waals surface area contributed by atoms with Gasteiger partial charge in [-0.1, -0.05) is 13.8 Å². The van der Waals surface area contributed by atoms with Crippen LogP contribution in [0.4, 0.5) is 0 Å². The first-order valence-corrected chi connectivity index (χ1v) is 15.4. The molecule has 12 nitrogen and oxygen atoms in total. The lowest BCUT2D eigenvalue weighted by atomic mass is 10.5. The highest BCUT2D eigenvalue weighted by atomic mass is 32.1. The van der Waals surface area contributed by atoms with Gasteiger partial charge in [-0.2, -0.15) is 5.10 Å². The molecule has 44 heavy (non-hydrogen) atoms. The van der Waals surface area contributed by atoms with Gasteiger partial charge < -0.3 is 19.0 Å².